The summed E-state index contributed by atoms with van der Waals surface area (Å²) in [6.07, 6.45) is 1.20. The van der Waals surface area contributed by atoms with Crippen molar-refractivity contribution in [3.63, 3.8) is 0 Å². The molecule has 1 aliphatic rings. The van der Waals surface area contributed by atoms with E-state index in [0.717, 1.165) is 16.3 Å². The zero-order valence-electron chi connectivity index (χ0n) is 11.6. The first-order valence-corrected chi connectivity index (χ1v) is 7.58. The van der Waals surface area contributed by atoms with Gasteiger partial charge < -0.3 is 14.7 Å². The lowest BCUT2D eigenvalue weighted by Crippen LogP contribution is -2.30. The van der Waals surface area contributed by atoms with Gasteiger partial charge in [0.15, 0.2) is 0 Å². The number of aromatic nitrogens is 1. The Bertz CT molecular complexity index is 612. The van der Waals surface area contributed by atoms with Crippen molar-refractivity contribution in [2.45, 2.75) is 25.1 Å². The number of aliphatic hydroxyl groups is 1. The van der Waals surface area contributed by atoms with Crippen LogP contribution in [0.15, 0.2) is 35.8 Å². The average Bonchev–Trinajstić information content (AvgIpc) is 3.12. The number of amides is 1. The maximum atomic E-state index is 12.2. The molecule has 2 aromatic rings. The second-order valence-electron chi connectivity index (χ2n) is 4.95. The third-order valence-electron chi connectivity index (χ3n) is 3.64. The van der Waals surface area contributed by atoms with Gasteiger partial charge in [-0.15, -0.1) is 11.3 Å². The van der Waals surface area contributed by atoms with Gasteiger partial charge in [0.05, 0.1) is 13.2 Å². The number of rotatable bonds is 4. The number of carbonyl (C=O) groups is 1. The molecule has 1 fully saturated rings. The fourth-order valence-corrected chi connectivity index (χ4v) is 3.30. The quantitative estimate of drug-likeness (QED) is 0.938. The predicted molar refractivity (Wildman–Crippen MR) is 79.0 cm³/mol. The molecule has 1 aliphatic heterocycles. The van der Waals surface area contributed by atoms with Gasteiger partial charge in [-0.3, -0.25) is 4.79 Å². The maximum Gasteiger partial charge on any atom is 0.252 e. The number of hydrogen-bond donors (Lipinski definition) is 1. The van der Waals surface area contributed by atoms with Crippen molar-refractivity contribution < 1.29 is 14.6 Å². The molecule has 0 aliphatic carbocycles. The molecule has 0 unspecified atom stereocenters. The van der Waals surface area contributed by atoms with Crippen molar-refractivity contribution in [2.75, 3.05) is 7.11 Å². The van der Waals surface area contributed by atoms with Crippen LogP contribution < -0.4 is 4.74 Å². The fraction of sp³-hybridized carbons (Fsp3) is 0.333. The Morgan fingerprint density at radius 1 is 1.43 bits per heavy atom. The van der Waals surface area contributed by atoms with Crippen LogP contribution in [0.1, 0.15) is 23.0 Å². The Morgan fingerprint density at radius 2 is 2.19 bits per heavy atom. The average molecular weight is 304 g/mol. The Morgan fingerprint density at radius 3 is 2.81 bits per heavy atom. The number of likely N-dealkylation sites (tertiary alicyclic amines) is 1. The number of ether oxygens (including phenoxy) is 1. The number of nitrogens with zero attached hydrogens (tertiary/aromatic N) is 2. The van der Waals surface area contributed by atoms with Crippen molar-refractivity contribution in [3.8, 4) is 5.75 Å². The summed E-state index contributed by atoms with van der Waals surface area (Å²) in [5.41, 5.74) is 1.000. The van der Waals surface area contributed by atoms with Crippen LogP contribution in [0.4, 0.5) is 0 Å². The highest BCUT2D eigenvalue weighted by atomic mass is 32.1. The van der Waals surface area contributed by atoms with Crippen LogP contribution in [-0.2, 0) is 11.3 Å². The largest absolute Gasteiger partial charge is 0.497 e. The molecule has 110 valence electrons. The lowest BCUT2D eigenvalue weighted by Gasteiger charge is -2.23. The lowest BCUT2D eigenvalue weighted by atomic mass is 10.2. The van der Waals surface area contributed by atoms with Crippen LogP contribution in [0.2, 0.25) is 0 Å². The van der Waals surface area contributed by atoms with Crippen LogP contribution in [0, 0.1) is 0 Å². The van der Waals surface area contributed by atoms with Gasteiger partial charge in [0, 0.05) is 24.5 Å². The Balaban J connectivity index is 1.81. The van der Waals surface area contributed by atoms with E-state index in [1.165, 1.54) is 11.3 Å². The first-order valence-electron chi connectivity index (χ1n) is 6.70. The highest BCUT2D eigenvalue weighted by molar-refractivity contribution is 7.09. The van der Waals surface area contributed by atoms with Gasteiger partial charge in [0.25, 0.3) is 5.91 Å². The Kier molecular flexibility index (Phi) is 3.90. The predicted octanol–water partition coefficient (Wildman–Crippen LogP) is 1.99. The monoisotopic (exact) mass is 304 g/mol. The second-order valence-corrected chi connectivity index (χ2v) is 5.88. The van der Waals surface area contributed by atoms with Crippen molar-refractivity contribution in [1.29, 1.82) is 0 Å². The van der Waals surface area contributed by atoms with Gasteiger partial charge in [-0.2, -0.15) is 0 Å². The van der Waals surface area contributed by atoms with Gasteiger partial charge in [0.1, 0.15) is 16.9 Å². The maximum absolute atomic E-state index is 12.2. The van der Waals surface area contributed by atoms with E-state index in [2.05, 4.69) is 4.98 Å². The number of aliphatic hydroxyl groups excluding tert-OH is 1. The van der Waals surface area contributed by atoms with Crippen molar-refractivity contribution in [2.24, 2.45) is 0 Å². The number of thiazole rings is 1. The zero-order chi connectivity index (χ0) is 14.8. The molecule has 1 amide bonds. The molecule has 1 aromatic carbocycles. The van der Waals surface area contributed by atoms with Crippen LogP contribution >= 0.6 is 11.3 Å². The first kappa shape index (κ1) is 14.0. The third kappa shape index (κ3) is 2.77. The van der Waals surface area contributed by atoms with Gasteiger partial charge in [-0.25, -0.2) is 4.98 Å². The number of benzene rings is 1. The van der Waals surface area contributed by atoms with Crippen LogP contribution in [-0.4, -0.2) is 34.1 Å². The van der Waals surface area contributed by atoms with Crippen LogP contribution in [0.25, 0.3) is 0 Å². The lowest BCUT2D eigenvalue weighted by molar-refractivity contribution is -0.135. The molecular weight excluding hydrogens is 288 g/mol. The van der Waals surface area contributed by atoms with Gasteiger partial charge >= 0.3 is 0 Å². The molecule has 5 nitrogen and oxygen atoms in total. The van der Waals surface area contributed by atoms with Crippen molar-refractivity contribution in [3.05, 3.63) is 46.4 Å². The summed E-state index contributed by atoms with van der Waals surface area (Å²) in [6, 6.07) is 7.44. The van der Waals surface area contributed by atoms with Gasteiger partial charge in [0.2, 0.25) is 0 Å². The minimum Gasteiger partial charge on any atom is -0.497 e. The van der Waals surface area contributed by atoms with E-state index >= 15 is 0 Å². The Hall–Kier alpha value is -1.92. The van der Waals surface area contributed by atoms with Crippen molar-refractivity contribution in [1.82, 2.24) is 9.88 Å². The second kappa shape index (κ2) is 5.83. The standard InChI is InChI=1S/C15H16N2O3S/c1-20-11-4-2-10(3-5-11)9-17-12(8-13(18)15(17)19)14-16-6-7-21-14/h2-7,12-13,18H,8-9H2,1H3/t12-,13-/m1/s1. The molecule has 0 saturated carbocycles. The van der Waals surface area contributed by atoms with Gasteiger partial charge in [-0.1, -0.05) is 12.1 Å². The van der Waals surface area contributed by atoms with E-state index in [0.29, 0.717) is 13.0 Å². The number of hydrogen-bond acceptors (Lipinski definition) is 5. The van der Waals surface area contributed by atoms with E-state index in [4.69, 9.17) is 4.74 Å². The summed E-state index contributed by atoms with van der Waals surface area (Å²) in [5, 5.41) is 12.6. The molecule has 2 atom stereocenters. The molecule has 3 rings (SSSR count). The topological polar surface area (TPSA) is 62.7 Å². The fourth-order valence-electron chi connectivity index (χ4n) is 2.53. The van der Waals surface area contributed by atoms with E-state index < -0.39 is 6.10 Å². The van der Waals surface area contributed by atoms with Gasteiger partial charge in [-0.05, 0) is 17.7 Å². The van der Waals surface area contributed by atoms with E-state index in [1.54, 1.807) is 18.2 Å². The van der Waals surface area contributed by atoms with Crippen LogP contribution in [0.3, 0.4) is 0 Å². The smallest absolute Gasteiger partial charge is 0.252 e. The third-order valence-corrected chi connectivity index (χ3v) is 4.52. The molecular formula is C15H16N2O3S. The SMILES string of the molecule is COc1ccc(CN2C(=O)[C@H](O)C[C@@H]2c2nccs2)cc1. The molecule has 0 spiro atoms. The number of carbonyl (C=O) groups excluding carboxylic acids is 1. The Labute approximate surface area is 126 Å². The minimum atomic E-state index is -0.933. The summed E-state index contributed by atoms with van der Waals surface area (Å²) in [7, 11) is 1.62. The summed E-state index contributed by atoms with van der Waals surface area (Å²) >= 11 is 1.51. The van der Waals surface area contributed by atoms with Crippen molar-refractivity contribution >= 4 is 17.2 Å². The molecule has 1 aromatic heterocycles. The molecule has 21 heavy (non-hydrogen) atoms. The molecule has 1 saturated heterocycles. The molecule has 1 N–H and O–H groups in total. The highest BCUT2D eigenvalue weighted by Crippen LogP contribution is 2.35. The summed E-state index contributed by atoms with van der Waals surface area (Å²) < 4.78 is 5.13. The van der Waals surface area contributed by atoms with Crippen LogP contribution in [0.5, 0.6) is 5.75 Å². The summed E-state index contributed by atoms with van der Waals surface area (Å²) in [4.78, 5) is 18.1. The molecule has 0 radical (unpaired) electrons. The highest BCUT2D eigenvalue weighted by Gasteiger charge is 2.40. The number of methoxy groups -OCH3 is 1. The zero-order valence-corrected chi connectivity index (χ0v) is 12.4. The normalized spacial score (nSPS) is 21.8. The van der Waals surface area contributed by atoms with E-state index in [1.807, 2.05) is 29.6 Å². The summed E-state index contributed by atoms with van der Waals surface area (Å²) in [5.74, 6) is 0.550. The summed E-state index contributed by atoms with van der Waals surface area (Å²) in [6.45, 7) is 0.462. The molecule has 6 heteroatoms. The minimum absolute atomic E-state index is 0.144. The molecule has 0 bridgehead atoms. The van der Waals surface area contributed by atoms with E-state index in [-0.39, 0.29) is 11.9 Å². The van der Waals surface area contributed by atoms with E-state index in [9.17, 15) is 9.90 Å². The molecule has 2 heterocycles. The first-order chi connectivity index (χ1) is 10.2.